The third kappa shape index (κ3) is 3.34. The molecule has 1 aromatic heterocycles. The Labute approximate surface area is 151 Å². The minimum Gasteiger partial charge on any atom is -0.467 e. The quantitative estimate of drug-likeness (QED) is 0.841. The van der Waals surface area contributed by atoms with Gasteiger partial charge < -0.3 is 10.1 Å². The van der Waals surface area contributed by atoms with E-state index in [1.54, 1.807) is 19.1 Å². The molecule has 3 rings (SSSR count). The number of carbonyl (C=O) groups is 2. The molecule has 0 unspecified atom stereocenters. The van der Waals surface area contributed by atoms with Crippen LogP contribution in [-0.2, 0) is 20.9 Å². The van der Waals surface area contributed by atoms with E-state index < -0.39 is 17.4 Å². The average Bonchev–Trinajstić information content (AvgIpc) is 2.66. The van der Waals surface area contributed by atoms with Gasteiger partial charge in [0, 0.05) is 5.39 Å². The molecule has 0 bridgehead atoms. The van der Waals surface area contributed by atoms with E-state index in [4.69, 9.17) is 4.74 Å². The summed E-state index contributed by atoms with van der Waals surface area (Å²) < 4.78 is 6.06. The maximum Gasteiger partial charge on any atom is 0.331 e. The van der Waals surface area contributed by atoms with E-state index >= 15 is 0 Å². The molecule has 138 valence electrons. The second-order valence-electron chi connectivity index (χ2n) is 6.78. The minimum absolute atomic E-state index is 0.233. The van der Waals surface area contributed by atoms with Gasteiger partial charge in [0.05, 0.1) is 18.2 Å². The zero-order valence-corrected chi connectivity index (χ0v) is 15.1. The van der Waals surface area contributed by atoms with Crippen molar-refractivity contribution in [1.29, 1.82) is 0 Å². The smallest absolute Gasteiger partial charge is 0.331 e. The lowest BCUT2D eigenvalue weighted by Crippen LogP contribution is -2.57. The predicted molar refractivity (Wildman–Crippen MR) is 96.7 cm³/mol. The summed E-state index contributed by atoms with van der Waals surface area (Å²) in [5.41, 5.74) is -0.648. The lowest BCUT2D eigenvalue weighted by molar-refractivity contribution is -0.152. The molecule has 7 nitrogen and oxygen atoms in total. The highest BCUT2D eigenvalue weighted by atomic mass is 16.5. The van der Waals surface area contributed by atoms with E-state index in [1.807, 2.05) is 12.1 Å². The SMILES string of the molecule is COC(=O)C1(NC(=O)Cn2nc(C)c3ccccc3c2=O)CCCCC1. The number of amides is 1. The van der Waals surface area contributed by atoms with Gasteiger partial charge in [-0.05, 0) is 25.8 Å². The van der Waals surface area contributed by atoms with Crippen molar-refractivity contribution in [2.75, 3.05) is 7.11 Å². The maximum atomic E-state index is 12.6. The number of hydrogen-bond donors (Lipinski definition) is 1. The van der Waals surface area contributed by atoms with Crippen molar-refractivity contribution in [3.05, 3.63) is 40.3 Å². The van der Waals surface area contributed by atoms with Crippen LogP contribution in [-0.4, -0.2) is 34.3 Å². The molecule has 0 atom stereocenters. The standard InChI is InChI=1S/C19H23N3O4/c1-13-14-8-4-5-9-15(14)17(24)22(21-13)12-16(23)20-19(18(25)26-2)10-6-3-7-11-19/h4-5,8-9H,3,6-7,10-12H2,1-2H3,(H,20,23). The van der Waals surface area contributed by atoms with Crippen LogP contribution in [0.3, 0.4) is 0 Å². The Morgan fingerprint density at radius 2 is 1.85 bits per heavy atom. The number of aromatic nitrogens is 2. The maximum absolute atomic E-state index is 12.6. The Hall–Kier alpha value is -2.70. The normalized spacial score (nSPS) is 16.2. The number of nitrogens with one attached hydrogen (secondary N) is 1. The molecule has 2 aromatic rings. The fourth-order valence-corrected chi connectivity index (χ4v) is 3.68. The molecule has 0 spiro atoms. The molecule has 1 N–H and O–H groups in total. The Morgan fingerprint density at radius 3 is 2.50 bits per heavy atom. The van der Waals surface area contributed by atoms with Gasteiger partial charge in [0.15, 0.2) is 0 Å². The number of carbonyl (C=O) groups excluding carboxylic acids is 2. The third-order valence-electron chi connectivity index (χ3n) is 5.01. The van der Waals surface area contributed by atoms with Gasteiger partial charge in [-0.25, -0.2) is 9.48 Å². The van der Waals surface area contributed by atoms with Crippen molar-refractivity contribution in [3.63, 3.8) is 0 Å². The summed E-state index contributed by atoms with van der Waals surface area (Å²) >= 11 is 0. The number of ether oxygens (including phenoxy) is 1. The number of benzene rings is 1. The van der Waals surface area contributed by atoms with Crippen LogP contribution in [0.5, 0.6) is 0 Å². The second-order valence-corrected chi connectivity index (χ2v) is 6.78. The highest BCUT2D eigenvalue weighted by molar-refractivity contribution is 5.88. The lowest BCUT2D eigenvalue weighted by Gasteiger charge is -2.35. The van der Waals surface area contributed by atoms with E-state index in [0.29, 0.717) is 23.9 Å². The molecule has 1 fully saturated rings. The number of methoxy groups -OCH3 is 1. The lowest BCUT2D eigenvalue weighted by atomic mass is 9.81. The molecule has 1 aliphatic rings. The first-order chi connectivity index (χ1) is 12.5. The van der Waals surface area contributed by atoms with Gasteiger partial charge in [-0.2, -0.15) is 5.10 Å². The number of hydrogen-bond acceptors (Lipinski definition) is 5. The number of fused-ring (bicyclic) bond motifs is 1. The van der Waals surface area contributed by atoms with Crippen LogP contribution in [0.4, 0.5) is 0 Å². The van der Waals surface area contributed by atoms with Gasteiger partial charge >= 0.3 is 5.97 Å². The summed E-state index contributed by atoms with van der Waals surface area (Å²) in [5, 5.41) is 8.35. The summed E-state index contributed by atoms with van der Waals surface area (Å²) in [6.45, 7) is 1.57. The fourth-order valence-electron chi connectivity index (χ4n) is 3.68. The highest BCUT2D eigenvalue weighted by Gasteiger charge is 2.42. The monoisotopic (exact) mass is 357 g/mol. The fraction of sp³-hybridized carbons (Fsp3) is 0.474. The summed E-state index contributed by atoms with van der Waals surface area (Å²) in [5.74, 6) is -0.845. The zero-order valence-electron chi connectivity index (χ0n) is 15.1. The first-order valence-corrected chi connectivity index (χ1v) is 8.83. The van der Waals surface area contributed by atoms with Crippen LogP contribution in [0.15, 0.2) is 29.1 Å². The largest absolute Gasteiger partial charge is 0.467 e. The highest BCUT2D eigenvalue weighted by Crippen LogP contribution is 2.29. The molecule has 1 saturated carbocycles. The van der Waals surface area contributed by atoms with Crippen LogP contribution >= 0.6 is 0 Å². The first kappa shape index (κ1) is 18.1. The van der Waals surface area contributed by atoms with Gasteiger partial charge in [-0.15, -0.1) is 0 Å². The van der Waals surface area contributed by atoms with Crippen LogP contribution in [0, 0.1) is 6.92 Å². The molecule has 7 heteroatoms. The van der Waals surface area contributed by atoms with Crippen molar-refractivity contribution in [2.24, 2.45) is 0 Å². The molecule has 0 aliphatic heterocycles. The van der Waals surface area contributed by atoms with Gasteiger partial charge in [0.2, 0.25) is 5.91 Å². The van der Waals surface area contributed by atoms with Gasteiger partial charge in [0.25, 0.3) is 5.56 Å². The van der Waals surface area contributed by atoms with Gasteiger partial charge in [-0.1, -0.05) is 37.5 Å². The third-order valence-corrected chi connectivity index (χ3v) is 5.01. The predicted octanol–water partition coefficient (Wildman–Crippen LogP) is 1.70. The topological polar surface area (TPSA) is 90.3 Å². The van der Waals surface area contributed by atoms with Crippen molar-refractivity contribution >= 4 is 22.6 Å². The molecular formula is C19H23N3O4. The summed E-state index contributed by atoms with van der Waals surface area (Å²) in [6, 6.07) is 7.17. The molecular weight excluding hydrogens is 334 g/mol. The minimum atomic E-state index is -1.00. The Balaban J connectivity index is 1.86. The van der Waals surface area contributed by atoms with Crippen molar-refractivity contribution in [1.82, 2.24) is 15.1 Å². The van der Waals surface area contributed by atoms with Crippen molar-refractivity contribution in [2.45, 2.75) is 51.1 Å². The Bertz CT molecular complexity index is 897. The van der Waals surface area contributed by atoms with E-state index in [9.17, 15) is 14.4 Å². The number of rotatable bonds is 4. The molecule has 1 aromatic carbocycles. The molecule has 1 heterocycles. The summed E-state index contributed by atoms with van der Waals surface area (Å²) in [6.07, 6.45) is 3.82. The van der Waals surface area contributed by atoms with Gasteiger partial charge in [-0.3, -0.25) is 9.59 Å². The van der Waals surface area contributed by atoms with Gasteiger partial charge in [0.1, 0.15) is 12.1 Å². The zero-order chi connectivity index (χ0) is 18.7. The second kappa shape index (κ2) is 7.27. The summed E-state index contributed by atoms with van der Waals surface area (Å²) in [4.78, 5) is 37.4. The molecule has 26 heavy (non-hydrogen) atoms. The van der Waals surface area contributed by atoms with E-state index in [-0.39, 0.29) is 12.1 Å². The van der Waals surface area contributed by atoms with Crippen LogP contribution in [0.2, 0.25) is 0 Å². The van der Waals surface area contributed by atoms with Crippen LogP contribution in [0.1, 0.15) is 37.8 Å². The Kier molecular flexibility index (Phi) is 5.06. The van der Waals surface area contributed by atoms with Crippen LogP contribution < -0.4 is 10.9 Å². The number of nitrogens with zero attached hydrogens (tertiary/aromatic N) is 2. The molecule has 1 amide bonds. The molecule has 1 aliphatic carbocycles. The van der Waals surface area contributed by atoms with Crippen LogP contribution in [0.25, 0.3) is 10.8 Å². The van der Waals surface area contributed by atoms with E-state index in [1.165, 1.54) is 7.11 Å². The average molecular weight is 357 g/mol. The van der Waals surface area contributed by atoms with E-state index in [0.717, 1.165) is 29.3 Å². The molecule has 0 radical (unpaired) electrons. The number of esters is 1. The van der Waals surface area contributed by atoms with Crippen molar-refractivity contribution in [3.8, 4) is 0 Å². The Morgan fingerprint density at radius 1 is 1.19 bits per heavy atom. The van der Waals surface area contributed by atoms with E-state index in [2.05, 4.69) is 10.4 Å². The number of aryl methyl sites for hydroxylation is 1. The van der Waals surface area contributed by atoms with Crippen molar-refractivity contribution < 1.29 is 14.3 Å². The summed E-state index contributed by atoms with van der Waals surface area (Å²) in [7, 11) is 1.32. The molecule has 0 saturated heterocycles. The first-order valence-electron chi connectivity index (χ1n) is 8.83.